The number of nitrogens with one attached hydrogen (secondary N) is 1. The molecule has 0 aromatic heterocycles. The van der Waals surface area contributed by atoms with Crippen LogP contribution in [0.5, 0.6) is 0 Å². The third kappa shape index (κ3) is 5.33. The monoisotopic (exact) mass is 406 g/mol. The zero-order valence-corrected chi connectivity index (χ0v) is 18.0. The van der Waals surface area contributed by atoms with Crippen molar-refractivity contribution in [1.82, 2.24) is 0 Å². The van der Waals surface area contributed by atoms with Gasteiger partial charge in [0.05, 0.1) is 16.3 Å². The van der Waals surface area contributed by atoms with Crippen LogP contribution in [0.3, 0.4) is 0 Å². The van der Waals surface area contributed by atoms with Crippen molar-refractivity contribution in [2.75, 3.05) is 4.72 Å². The summed E-state index contributed by atoms with van der Waals surface area (Å²) >= 11 is 0. The Labute approximate surface area is 173 Å². The van der Waals surface area contributed by atoms with Crippen molar-refractivity contribution in [3.8, 4) is 0 Å². The van der Waals surface area contributed by atoms with Crippen LogP contribution < -0.4 is 4.72 Å². The summed E-state index contributed by atoms with van der Waals surface area (Å²) in [5.41, 5.74) is 5.55. The largest absolute Gasteiger partial charge is 0.279 e. The van der Waals surface area contributed by atoms with Crippen LogP contribution in [0.1, 0.15) is 42.0 Å². The van der Waals surface area contributed by atoms with Gasteiger partial charge in [-0.05, 0) is 66.8 Å². The Morgan fingerprint density at radius 3 is 2.14 bits per heavy atom. The van der Waals surface area contributed by atoms with Crippen LogP contribution in [0.2, 0.25) is 0 Å². The number of hydrogen-bond acceptors (Lipinski definition) is 3. The van der Waals surface area contributed by atoms with E-state index in [-0.39, 0.29) is 4.90 Å². The van der Waals surface area contributed by atoms with E-state index in [4.69, 9.17) is 0 Å². The predicted octanol–water partition coefficient (Wildman–Crippen LogP) is 5.98. The first-order valence-corrected chi connectivity index (χ1v) is 11.1. The Hall–Kier alpha value is -2.92. The van der Waals surface area contributed by atoms with Crippen LogP contribution in [-0.2, 0) is 10.0 Å². The Morgan fingerprint density at radius 1 is 0.897 bits per heavy atom. The third-order valence-electron chi connectivity index (χ3n) is 4.74. The fourth-order valence-corrected chi connectivity index (χ4v) is 4.09. The third-order valence-corrected chi connectivity index (χ3v) is 6.12. The highest BCUT2D eigenvalue weighted by Gasteiger charge is 2.15. The number of aryl methyl sites for hydroxylation is 2. The molecule has 0 saturated heterocycles. The van der Waals surface area contributed by atoms with Gasteiger partial charge >= 0.3 is 0 Å². The quantitative estimate of drug-likeness (QED) is 0.512. The summed E-state index contributed by atoms with van der Waals surface area (Å²) < 4.78 is 28.0. The van der Waals surface area contributed by atoms with Crippen LogP contribution in [0.4, 0.5) is 11.4 Å². The van der Waals surface area contributed by atoms with Gasteiger partial charge in [0.1, 0.15) is 0 Å². The fourth-order valence-electron chi connectivity index (χ4n) is 2.96. The topological polar surface area (TPSA) is 58.5 Å². The Morgan fingerprint density at radius 2 is 1.55 bits per heavy atom. The van der Waals surface area contributed by atoms with E-state index < -0.39 is 10.0 Å². The molecule has 0 unspecified atom stereocenters. The smallest absolute Gasteiger partial charge is 0.261 e. The van der Waals surface area contributed by atoms with Crippen LogP contribution in [0.15, 0.2) is 76.6 Å². The van der Waals surface area contributed by atoms with E-state index in [9.17, 15) is 8.42 Å². The summed E-state index contributed by atoms with van der Waals surface area (Å²) in [5, 5.41) is 0. The first-order chi connectivity index (χ1) is 13.7. The lowest BCUT2D eigenvalue weighted by atomic mass is 10.0. The summed E-state index contributed by atoms with van der Waals surface area (Å²) in [7, 11) is -3.65. The SMILES string of the molecule is Cc1ccc(NS(=O)(=O)c2ccc(N=Cc3ccc(C(C)C)cc3)cc2)c(C)c1. The number of hydrogen-bond donors (Lipinski definition) is 1. The number of sulfonamides is 1. The molecule has 3 rings (SSSR count). The second-order valence-electron chi connectivity index (χ2n) is 7.50. The average molecular weight is 407 g/mol. The molecule has 3 aromatic carbocycles. The van der Waals surface area contributed by atoms with Gasteiger partial charge in [-0.1, -0.05) is 55.8 Å². The molecule has 0 aliphatic heterocycles. The molecule has 0 bridgehead atoms. The second kappa shape index (κ2) is 8.62. The number of aliphatic imine (C=N–C) groups is 1. The van der Waals surface area contributed by atoms with E-state index >= 15 is 0 Å². The van der Waals surface area contributed by atoms with Gasteiger partial charge in [0.25, 0.3) is 10.0 Å². The molecule has 0 saturated carbocycles. The predicted molar refractivity (Wildman–Crippen MR) is 121 cm³/mol. The van der Waals surface area contributed by atoms with Crippen molar-refractivity contribution in [1.29, 1.82) is 0 Å². The maximum atomic E-state index is 12.7. The highest BCUT2D eigenvalue weighted by molar-refractivity contribution is 7.92. The van der Waals surface area contributed by atoms with E-state index in [0.29, 0.717) is 17.3 Å². The van der Waals surface area contributed by atoms with Crippen LogP contribution >= 0.6 is 0 Å². The van der Waals surface area contributed by atoms with E-state index in [1.165, 1.54) is 5.56 Å². The second-order valence-corrected chi connectivity index (χ2v) is 9.18. The molecule has 0 aliphatic carbocycles. The summed E-state index contributed by atoms with van der Waals surface area (Å²) in [6, 6.07) is 20.4. The van der Waals surface area contributed by atoms with Crippen LogP contribution in [0.25, 0.3) is 0 Å². The van der Waals surface area contributed by atoms with E-state index in [0.717, 1.165) is 16.7 Å². The van der Waals surface area contributed by atoms with E-state index in [1.807, 2.05) is 38.1 Å². The molecule has 29 heavy (non-hydrogen) atoms. The molecule has 5 heteroatoms. The van der Waals surface area contributed by atoms with Crippen molar-refractivity contribution in [3.05, 3.63) is 89.0 Å². The zero-order chi connectivity index (χ0) is 21.0. The Kier molecular flexibility index (Phi) is 6.18. The lowest BCUT2D eigenvalue weighted by molar-refractivity contribution is 0.601. The molecule has 1 N–H and O–H groups in total. The molecule has 3 aromatic rings. The number of benzene rings is 3. The minimum absolute atomic E-state index is 0.206. The molecule has 0 aliphatic rings. The lowest BCUT2D eigenvalue weighted by Crippen LogP contribution is -2.13. The van der Waals surface area contributed by atoms with Gasteiger partial charge in [-0.25, -0.2) is 8.42 Å². The summed E-state index contributed by atoms with van der Waals surface area (Å²) in [5.74, 6) is 0.493. The van der Waals surface area contributed by atoms with Crippen LogP contribution in [0, 0.1) is 13.8 Å². The molecular weight excluding hydrogens is 380 g/mol. The fraction of sp³-hybridized carbons (Fsp3) is 0.208. The summed E-state index contributed by atoms with van der Waals surface area (Å²) in [4.78, 5) is 4.65. The maximum Gasteiger partial charge on any atom is 0.261 e. The van der Waals surface area contributed by atoms with Gasteiger partial charge in [0.2, 0.25) is 0 Å². The van der Waals surface area contributed by atoms with Gasteiger partial charge in [0.15, 0.2) is 0 Å². The standard InChI is InChI=1S/C24H26N2O2S/c1-17(2)21-8-6-20(7-9-21)16-25-22-10-12-23(13-11-22)29(27,28)26-24-14-5-18(3)15-19(24)4/h5-17,26H,1-4H3. The molecule has 150 valence electrons. The molecule has 4 nitrogen and oxygen atoms in total. The molecule has 0 radical (unpaired) electrons. The summed E-state index contributed by atoms with van der Waals surface area (Å²) in [6.45, 7) is 8.18. The minimum atomic E-state index is -3.65. The summed E-state index contributed by atoms with van der Waals surface area (Å²) in [6.07, 6.45) is 1.78. The van der Waals surface area contributed by atoms with Gasteiger partial charge < -0.3 is 0 Å². The van der Waals surface area contributed by atoms with Crippen molar-refractivity contribution in [3.63, 3.8) is 0 Å². The lowest BCUT2D eigenvalue weighted by Gasteiger charge is -2.11. The zero-order valence-electron chi connectivity index (χ0n) is 17.2. The molecule has 0 heterocycles. The average Bonchev–Trinajstić information content (AvgIpc) is 2.69. The minimum Gasteiger partial charge on any atom is -0.279 e. The highest BCUT2D eigenvalue weighted by atomic mass is 32.2. The number of rotatable bonds is 6. The van der Waals surface area contributed by atoms with Crippen molar-refractivity contribution < 1.29 is 8.42 Å². The van der Waals surface area contributed by atoms with Crippen LogP contribution in [-0.4, -0.2) is 14.6 Å². The highest BCUT2D eigenvalue weighted by Crippen LogP contribution is 2.22. The molecule has 0 atom stereocenters. The molecule has 0 fully saturated rings. The molecule has 0 amide bonds. The molecular formula is C24H26N2O2S. The van der Waals surface area contributed by atoms with Gasteiger partial charge in [-0.15, -0.1) is 0 Å². The molecule has 0 spiro atoms. The number of nitrogens with zero attached hydrogens (tertiary/aromatic N) is 1. The van der Waals surface area contributed by atoms with E-state index in [2.05, 4.69) is 35.7 Å². The number of anilines is 1. The Balaban J connectivity index is 1.73. The van der Waals surface area contributed by atoms with Gasteiger partial charge in [0, 0.05) is 6.21 Å². The van der Waals surface area contributed by atoms with Crippen molar-refractivity contribution >= 4 is 27.6 Å². The first kappa shape index (κ1) is 20.8. The maximum absolute atomic E-state index is 12.7. The first-order valence-electron chi connectivity index (χ1n) is 9.59. The van der Waals surface area contributed by atoms with Gasteiger partial charge in [-0.2, -0.15) is 0 Å². The van der Waals surface area contributed by atoms with Gasteiger partial charge in [-0.3, -0.25) is 9.71 Å². The Bertz CT molecular complexity index is 1110. The van der Waals surface area contributed by atoms with E-state index in [1.54, 1.807) is 36.5 Å². The normalized spacial score (nSPS) is 11.9. The van der Waals surface area contributed by atoms with Crippen molar-refractivity contribution in [2.45, 2.75) is 38.5 Å². The van der Waals surface area contributed by atoms with Crippen molar-refractivity contribution in [2.24, 2.45) is 4.99 Å².